The van der Waals surface area contributed by atoms with Crippen LogP contribution in [-0.4, -0.2) is 35.7 Å². The Balaban J connectivity index is 2.47. The Morgan fingerprint density at radius 3 is 2.93 bits per heavy atom. The van der Waals surface area contributed by atoms with Gasteiger partial charge in [0.15, 0.2) is 0 Å². The number of aromatic amines is 1. The van der Waals surface area contributed by atoms with Crippen LogP contribution in [0.4, 0.5) is 5.82 Å². The molecule has 14 heavy (non-hydrogen) atoms. The molecule has 1 aromatic rings. The number of carbonyl (C=O) groups is 2. The van der Waals surface area contributed by atoms with E-state index in [1.54, 1.807) is 0 Å². The van der Waals surface area contributed by atoms with Crippen LogP contribution >= 0.6 is 0 Å². The number of nitrogen functional groups attached to an aromatic ring is 1. The van der Waals surface area contributed by atoms with Crippen molar-refractivity contribution in [2.45, 2.75) is 0 Å². The summed E-state index contributed by atoms with van der Waals surface area (Å²) in [5.74, 6) is -0.765. The van der Waals surface area contributed by atoms with E-state index in [1.807, 2.05) is 0 Å². The molecule has 0 fully saturated rings. The molecule has 0 atom stereocenters. The van der Waals surface area contributed by atoms with Gasteiger partial charge >= 0.3 is 5.97 Å². The number of nitrogens with zero attached hydrogens (tertiary/aromatic N) is 1. The van der Waals surface area contributed by atoms with Crippen LogP contribution < -0.4 is 11.1 Å². The van der Waals surface area contributed by atoms with Gasteiger partial charge in [-0.2, -0.15) is 5.10 Å². The second kappa shape index (κ2) is 4.26. The standard InChI is InChI=1S/C7H10N4O3/c1-14-6(12)3-9-7(13)4-2-5(8)11-10-4/h2H,3H2,1H3,(H,9,13)(H3,8,10,11). The lowest BCUT2D eigenvalue weighted by molar-refractivity contribution is -0.139. The third-order valence-electron chi connectivity index (χ3n) is 1.46. The molecule has 0 spiro atoms. The second-order valence-corrected chi connectivity index (χ2v) is 2.47. The summed E-state index contributed by atoms with van der Waals surface area (Å²) in [6.07, 6.45) is 0. The van der Waals surface area contributed by atoms with Gasteiger partial charge in [0.1, 0.15) is 18.1 Å². The molecule has 0 unspecified atom stereocenters. The van der Waals surface area contributed by atoms with Crippen molar-refractivity contribution >= 4 is 17.7 Å². The zero-order chi connectivity index (χ0) is 10.6. The zero-order valence-electron chi connectivity index (χ0n) is 7.53. The molecule has 7 heteroatoms. The van der Waals surface area contributed by atoms with Crippen molar-refractivity contribution in [3.05, 3.63) is 11.8 Å². The number of hydrogen-bond donors (Lipinski definition) is 3. The van der Waals surface area contributed by atoms with Gasteiger partial charge in [0.25, 0.3) is 5.91 Å². The fourth-order valence-corrected chi connectivity index (χ4v) is 0.773. The van der Waals surface area contributed by atoms with E-state index >= 15 is 0 Å². The first kappa shape index (κ1) is 10.0. The van der Waals surface area contributed by atoms with Gasteiger partial charge in [0, 0.05) is 6.07 Å². The van der Waals surface area contributed by atoms with E-state index in [2.05, 4.69) is 20.3 Å². The van der Waals surface area contributed by atoms with Gasteiger partial charge in [-0.25, -0.2) is 0 Å². The van der Waals surface area contributed by atoms with Crippen LogP contribution in [0.15, 0.2) is 6.07 Å². The number of nitrogens with one attached hydrogen (secondary N) is 2. The molecule has 1 rings (SSSR count). The summed E-state index contributed by atoms with van der Waals surface area (Å²) in [5.41, 5.74) is 5.48. The quantitative estimate of drug-likeness (QED) is 0.533. The van der Waals surface area contributed by atoms with E-state index in [0.29, 0.717) is 0 Å². The molecule has 0 aliphatic rings. The number of hydrogen-bond acceptors (Lipinski definition) is 5. The normalized spacial score (nSPS) is 9.50. The van der Waals surface area contributed by atoms with Crippen molar-refractivity contribution in [3.8, 4) is 0 Å². The monoisotopic (exact) mass is 198 g/mol. The van der Waals surface area contributed by atoms with E-state index in [1.165, 1.54) is 13.2 Å². The lowest BCUT2D eigenvalue weighted by atomic mass is 10.4. The molecule has 0 aromatic carbocycles. The second-order valence-electron chi connectivity index (χ2n) is 2.47. The highest BCUT2D eigenvalue weighted by Gasteiger charge is 2.09. The molecule has 0 aliphatic carbocycles. The number of rotatable bonds is 3. The van der Waals surface area contributed by atoms with Crippen LogP contribution in [0.3, 0.4) is 0 Å². The highest BCUT2D eigenvalue weighted by atomic mass is 16.5. The Morgan fingerprint density at radius 2 is 2.43 bits per heavy atom. The number of nitrogens with two attached hydrogens (primary N) is 1. The number of H-pyrrole nitrogens is 1. The van der Waals surface area contributed by atoms with E-state index in [4.69, 9.17) is 5.73 Å². The zero-order valence-corrected chi connectivity index (χ0v) is 7.53. The van der Waals surface area contributed by atoms with Gasteiger partial charge in [-0.1, -0.05) is 0 Å². The minimum atomic E-state index is -0.522. The van der Waals surface area contributed by atoms with Gasteiger partial charge in [-0.05, 0) is 0 Å². The molecule has 0 aliphatic heterocycles. The Bertz CT molecular complexity index is 346. The Morgan fingerprint density at radius 1 is 1.71 bits per heavy atom. The van der Waals surface area contributed by atoms with Crippen molar-refractivity contribution in [1.29, 1.82) is 0 Å². The lowest BCUT2D eigenvalue weighted by Crippen LogP contribution is -2.30. The number of esters is 1. The first-order valence-corrected chi connectivity index (χ1v) is 3.79. The summed E-state index contributed by atoms with van der Waals surface area (Å²) >= 11 is 0. The highest BCUT2D eigenvalue weighted by Crippen LogP contribution is 1.99. The third-order valence-corrected chi connectivity index (χ3v) is 1.46. The summed E-state index contributed by atoms with van der Waals surface area (Å²) < 4.78 is 4.34. The van der Waals surface area contributed by atoms with Gasteiger partial charge in [0.05, 0.1) is 7.11 Å². The lowest BCUT2D eigenvalue weighted by Gasteiger charge is -2.00. The van der Waals surface area contributed by atoms with Crippen molar-refractivity contribution in [3.63, 3.8) is 0 Å². The molecule has 4 N–H and O–H groups in total. The number of amides is 1. The smallest absolute Gasteiger partial charge is 0.325 e. The number of aromatic nitrogens is 2. The van der Waals surface area contributed by atoms with Crippen LogP contribution in [0.2, 0.25) is 0 Å². The highest BCUT2D eigenvalue weighted by molar-refractivity contribution is 5.94. The molecule has 1 aromatic heterocycles. The van der Waals surface area contributed by atoms with Crippen molar-refractivity contribution in [1.82, 2.24) is 15.5 Å². The molecular weight excluding hydrogens is 188 g/mol. The fourth-order valence-electron chi connectivity index (χ4n) is 0.773. The first-order chi connectivity index (χ1) is 6.63. The summed E-state index contributed by atoms with van der Waals surface area (Å²) in [6.45, 7) is -0.186. The molecule has 0 bridgehead atoms. The Hall–Kier alpha value is -2.05. The fraction of sp³-hybridized carbons (Fsp3) is 0.286. The number of methoxy groups -OCH3 is 1. The maximum absolute atomic E-state index is 11.2. The van der Waals surface area contributed by atoms with E-state index < -0.39 is 11.9 Å². The first-order valence-electron chi connectivity index (χ1n) is 3.79. The topological polar surface area (TPSA) is 110 Å². The van der Waals surface area contributed by atoms with E-state index in [9.17, 15) is 9.59 Å². The van der Waals surface area contributed by atoms with E-state index in [0.717, 1.165) is 0 Å². The Labute approximate surface area is 79.6 Å². The average molecular weight is 198 g/mol. The van der Waals surface area contributed by atoms with Gasteiger partial charge < -0.3 is 15.8 Å². The predicted octanol–water partition coefficient (Wildman–Crippen LogP) is -1.11. The summed E-state index contributed by atoms with van der Waals surface area (Å²) in [4.78, 5) is 21.9. The molecule has 1 heterocycles. The van der Waals surface area contributed by atoms with Gasteiger partial charge in [0.2, 0.25) is 0 Å². The molecule has 0 saturated heterocycles. The molecule has 0 radical (unpaired) electrons. The van der Waals surface area contributed by atoms with Crippen molar-refractivity contribution in [2.24, 2.45) is 0 Å². The summed E-state index contributed by atoms with van der Waals surface area (Å²) in [7, 11) is 1.24. The molecule has 0 saturated carbocycles. The Kier molecular flexibility index (Phi) is 3.05. The predicted molar refractivity (Wildman–Crippen MR) is 47.3 cm³/mol. The average Bonchev–Trinajstić information content (AvgIpc) is 2.60. The summed E-state index contributed by atoms with van der Waals surface area (Å²) in [5, 5.41) is 8.29. The van der Waals surface area contributed by atoms with Crippen LogP contribution in [0.5, 0.6) is 0 Å². The maximum Gasteiger partial charge on any atom is 0.325 e. The van der Waals surface area contributed by atoms with Crippen LogP contribution in [0.25, 0.3) is 0 Å². The molecule has 7 nitrogen and oxygen atoms in total. The minimum absolute atomic E-state index is 0.186. The van der Waals surface area contributed by atoms with Crippen molar-refractivity contribution < 1.29 is 14.3 Å². The minimum Gasteiger partial charge on any atom is -0.468 e. The third kappa shape index (κ3) is 2.47. The van der Waals surface area contributed by atoms with Gasteiger partial charge in [-0.15, -0.1) is 0 Å². The van der Waals surface area contributed by atoms with Crippen LogP contribution in [0.1, 0.15) is 10.5 Å². The largest absolute Gasteiger partial charge is 0.468 e. The van der Waals surface area contributed by atoms with Crippen molar-refractivity contribution in [2.75, 3.05) is 19.4 Å². The van der Waals surface area contributed by atoms with Crippen LogP contribution in [0, 0.1) is 0 Å². The number of ether oxygens (including phenoxy) is 1. The maximum atomic E-state index is 11.2. The molecule has 76 valence electrons. The molecular formula is C7H10N4O3. The van der Waals surface area contributed by atoms with Gasteiger partial charge in [-0.3, -0.25) is 14.7 Å². The molecule has 1 amide bonds. The SMILES string of the molecule is COC(=O)CNC(=O)c1cc(N)n[nH]1. The number of carbonyl (C=O) groups excluding carboxylic acids is 2. The number of anilines is 1. The van der Waals surface area contributed by atoms with E-state index in [-0.39, 0.29) is 18.1 Å². The summed E-state index contributed by atoms with van der Waals surface area (Å²) in [6, 6.07) is 1.37. The van der Waals surface area contributed by atoms with Crippen LogP contribution in [-0.2, 0) is 9.53 Å².